The number of methoxy groups -OCH3 is 1. The number of benzene rings is 3. The van der Waals surface area contributed by atoms with Crippen molar-refractivity contribution in [2.75, 3.05) is 7.11 Å². The average molecular weight is 451 g/mol. The van der Waals surface area contributed by atoms with E-state index in [1.807, 2.05) is 60.7 Å². The molecule has 0 atom stereocenters. The second kappa shape index (κ2) is 9.59. The first kappa shape index (κ1) is 20.8. The van der Waals surface area contributed by atoms with Gasteiger partial charge < -0.3 is 9.47 Å². The van der Waals surface area contributed by atoms with Crippen molar-refractivity contribution in [2.24, 2.45) is 5.10 Å². The van der Waals surface area contributed by atoms with E-state index in [4.69, 9.17) is 33.3 Å². The molecular formula is C23H19ClN4O2S. The fourth-order valence-electron chi connectivity index (χ4n) is 2.93. The number of halogens is 1. The molecular weight excluding hydrogens is 432 g/mol. The summed E-state index contributed by atoms with van der Waals surface area (Å²) in [6.45, 7) is 0.458. The lowest BCUT2D eigenvalue weighted by Crippen LogP contribution is -1.99. The SMILES string of the molecule is COc1cc(/C=N\n2c(-c3ccc(Cl)cc3)n[nH]c2=S)ccc1OCc1ccccc1. The molecule has 0 bridgehead atoms. The Morgan fingerprint density at radius 2 is 1.84 bits per heavy atom. The molecule has 0 fully saturated rings. The summed E-state index contributed by atoms with van der Waals surface area (Å²) in [7, 11) is 1.61. The van der Waals surface area contributed by atoms with Gasteiger partial charge in [-0.05, 0) is 65.8 Å². The number of H-pyrrole nitrogens is 1. The molecule has 0 amide bonds. The van der Waals surface area contributed by atoms with E-state index in [-0.39, 0.29) is 0 Å². The van der Waals surface area contributed by atoms with E-state index in [9.17, 15) is 0 Å². The Morgan fingerprint density at radius 3 is 2.58 bits per heavy atom. The molecule has 1 N–H and O–H groups in total. The highest BCUT2D eigenvalue weighted by Crippen LogP contribution is 2.28. The number of hydrogen-bond acceptors (Lipinski definition) is 5. The molecule has 4 aromatic rings. The molecule has 3 aromatic carbocycles. The van der Waals surface area contributed by atoms with Crippen LogP contribution >= 0.6 is 23.8 Å². The van der Waals surface area contributed by atoms with Gasteiger partial charge in [-0.15, -0.1) is 0 Å². The van der Waals surface area contributed by atoms with Gasteiger partial charge >= 0.3 is 0 Å². The third-order valence-corrected chi connectivity index (χ3v) is 5.02. The second-order valence-corrected chi connectivity index (χ2v) is 7.42. The largest absolute Gasteiger partial charge is 0.493 e. The summed E-state index contributed by atoms with van der Waals surface area (Å²) in [6, 6.07) is 22.9. The van der Waals surface area contributed by atoms with Gasteiger partial charge in [0.25, 0.3) is 0 Å². The van der Waals surface area contributed by atoms with Gasteiger partial charge in [0.15, 0.2) is 17.3 Å². The molecule has 0 saturated heterocycles. The predicted molar refractivity (Wildman–Crippen MR) is 125 cm³/mol. The van der Waals surface area contributed by atoms with Crippen molar-refractivity contribution in [3.63, 3.8) is 0 Å². The molecule has 0 spiro atoms. The first-order chi connectivity index (χ1) is 15.1. The van der Waals surface area contributed by atoms with Gasteiger partial charge in [-0.25, -0.2) is 5.10 Å². The van der Waals surface area contributed by atoms with E-state index in [0.29, 0.717) is 33.7 Å². The normalized spacial score (nSPS) is 11.0. The zero-order valence-electron chi connectivity index (χ0n) is 16.7. The summed E-state index contributed by atoms with van der Waals surface area (Å²) in [4.78, 5) is 0. The van der Waals surface area contributed by atoms with E-state index in [0.717, 1.165) is 16.7 Å². The molecule has 1 aromatic heterocycles. The fourth-order valence-corrected chi connectivity index (χ4v) is 3.23. The van der Waals surface area contributed by atoms with Crippen LogP contribution in [0.1, 0.15) is 11.1 Å². The summed E-state index contributed by atoms with van der Waals surface area (Å²) in [6.07, 6.45) is 1.69. The lowest BCUT2D eigenvalue weighted by Gasteiger charge is -2.11. The Labute approximate surface area is 189 Å². The average Bonchev–Trinajstić information content (AvgIpc) is 3.18. The van der Waals surface area contributed by atoms with Crippen LogP contribution in [0.5, 0.6) is 11.5 Å². The third kappa shape index (κ3) is 5.02. The second-order valence-electron chi connectivity index (χ2n) is 6.60. The maximum Gasteiger partial charge on any atom is 0.216 e. The summed E-state index contributed by atoms with van der Waals surface area (Å²) in [5.41, 5.74) is 2.75. The van der Waals surface area contributed by atoms with Crippen molar-refractivity contribution in [2.45, 2.75) is 6.61 Å². The van der Waals surface area contributed by atoms with E-state index >= 15 is 0 Å². The van der Waals surface area contributed by atoms with Gasteiger partial charge in [0.1, 0.15) is 6.61 Å². The number of hydrogen-bond donors (Lipinski definition) is 1. The standard InChI is InChI=1S/C23H19ClN4O2S/c1-29-21-13-17(7-12-20(21)30-15-16-5-3-2-4-6-16)14-25-28-22(26-27-23(28)31)18-8-10-19(24)11-9-18/h2-14H,15H2,1H3,(H,27,31)/b25-14-. The Hall–Kier alpha value is -3.42. The van der Waals surface area contributed by atoms with Gasteiger partial charge in [-0.2, -0.15) is 14.9 Å². The van der Waals surface area contributed by atoms with E-state index < -0.39 is 0 Å². The molecule has 156 valence electrons. The molecule has 8 heteroatoms. The number of aromatic nitrogens is 3. The van der Waals surface area contributed by atoms with Crippen molar-refractivity contribution >= 4 is 30.0 Å². The molecule has 4 rings (SSSR count). The maximum atomic E-state index is 5.98. The summed E-state index contributed by atoms with van der Waals surface area (Å²) >= 11 is 11.3. The first-order valence-corrected chi connectivity index (χ1v) is 10.2. The smallest absolute Gasteiger partial charge is 0.216 e. The quantitative estimate of drug-likeness (QED) is 0.288. The van der Waals surface area contributed by atoms with Crippen molar-refractivity contribution in [3.8, 4) is 22.9 Å². The van der Waals surface area contributed by atoms with Crippen LogP contribution in [-0.2, 0) is 6.61 Å². The number of aromatic amines is 1. The molecule has 0 saturated carbocycles. The monoisotopic (exact) mass is 450 g/mol. The topological polar surface area (TPSA) is 64.4 Å². The summed E-state index contributed by atoms with van der Waals surface area (Å²) < 4.78 is 13.3. The highest BCUT2D eigenvalue weighted by molar-refractivity contribution is 7.71. The van der Waals surface area contributed by atoms with Gasteiger partial charge in [0, 0.05) is 10.6 Å². The molecule has 0 aliphatic heterocycles. The Bertz CT molecular complexity index is 1250. The zero-order valence-corrected chi connectivity index (χ0v) is 18.2. The van der Waals surface area contributed by atoms with Crippen LogP contribution in [0.3, 0.4) is 0 Å². The highest BCUT2D eigenvalue weighted by Gasteiger charge is 2.09. The van der Waals surface area contributed by atoms with Crippen molar-refractivity contribution in [1.29, 1.82) is 0 Å². The van der Waals surface area contributed by atoms with E-state index in [2.05, 4.69) is 15.3 Å². The van der Waals surface area contributed by atoms with Gasteiger partial charge in [-0.3, -0.25) is 0 Å². The van der Waals surface area contributed by atoms with Crippen molar-refractivity contribution in [3.05, 3.63) is 93.7 Å². The lowest BCUT2D eigenvalue weighted by atomic mass is 10.2. The molecule has 0 radical (unpaired) electrons. The van der Waals surface area contributed by atoms with Crippen molar-refractivity contribution < 1.29 is 9.47 Å². The van der Waals surface area contributed by atoms with Crippen LogP contribution in [0.15, 0.2) is 77.9 Å². The molecule has 0 unspecified atom stereocenters. The molecule has 0 aliphatic rings. The number of nitrogens with zero attached hydrogens (tertiary/aromatic N) is 3. The van der Waals surface area contributed by atoms with Crippen LogP contribution in [0.25, 0.3) is 11.4 Å². The predicted octanol–water partition coefficient (Wildman–Crippen LogP) is 5.73. The van der Waals surface area contributed by atoms with Gasteiger partial charge in [-0.1, -0.05) is 41.9 Å². The highest BCUT2D eigenvalue weighted by atomic mass is 35.5. The fraction of sp³-hybridized carbons (Fsp3) is 0.0870. The van der Waals surface area contributed by atoms with Crippen molar-refractivity contribution in [1.82, 2.24) is 14.9 Å². The minimum absolute atomic E-state index is 0.385. The Kier molecular flexibility index (Phi) is 6.45. The molecule has 0 aliphatic carbocycles. The molecule has 31 heavy (non-hydrogen) atoms. The maximum absolute atomic E-state index is 5.98. The van der Waals surface area contributed by atoms with Crippen LogP contribution in [0.2, 0.25) is 5.02 Å². The van der Waals surface area contributed by atoms with E-state index in [1.165, 1.54) is 0 Å². The van der Waals surface area contributed by atoms with Crippen LogP contribution < -0.4 is 9.47 Å². The van der Waals surface area contributed by atoms with Gasteiger partial charge in [0.05, 0.1) is 13.3 Å². The minimum Gasteiger partial charge on any atom is -0.493 e. The van der Waals surface area contributed by atoms with Gasteiger partial charge in [0.2, 0.25) is 4.77 Å². The van der Waals surface area contributed by atoms with Crippen LogP contribution in [-0.4, -0.2) is 28.2 Å². The molecule has 1 heterocycles. The van der Waals surface area contributed by atoms with E-state index in [1.54, 1.807) is 30.1 Å². The third-order valence-electron chi connectivity index (χ3n) is 4.50. The van der Waals surface area contributed by atoms with Crippen LogP contribution in [0.4, 0.5) is 0 Å². The Balaban J connectivity index is 1.55. The number of nitrogens with one attached hydrogen (secondary N) is 1. The number of ether oxygens (including phenoxy) is 2. The number of rotatable bonds is 7. The molecule has 6 nitrogen and oxygen atoms in total. The Morgan fingerprint density at radius 1 is 1.06 bits per heavy atom. The minimum atomic E-state index is 0.385. The van der Waals surface area contributed by atoms with Crippen LogP contribution in [0, 0.1) is 4.77 Å². The lowest BCUT2D eigenvalue weighted by molar-refractivity contribution is 0.284. The first-order valence-electron chi connectivity index (χ1n) is 9.46. The summed E-state index contributed by atoms with van der Waals surface area (Å²) in [5, 5.41) is 12.2. The summed E-state index contributed by atoms with van der Waals surface area (Å²) in [5.74, 6) is 1.87. The zero-order chi connectivity index (χ0) is 21.6.